The van der Waals surface area contributed by atoms with Crippen LogP contribution in [0.3, 0.4) is 0 Å². The van der Waals surface area contributed by atoms with Crippen LogP contribution < -0.4 is 5.32 Å². The van der Waals surface area contributed by atoms with Gasteiger partial charge in [0.15, 0.2) is 11.5 Å². The number of nitrogens with zero attached hydrogens (tertiary/aromatic N) is 3. The van der Waals surface area contributed by atoms with E-state index >= 15 is 0 Å². The highest BCUT2D eigenvalue weighted by molar-refractivity contribution is 5.36. The molecule has 2 N–H and O–H groups in total. The Labute approximate surface area is 113 Å². The molecule has 0 atom stereocenters. The molecule has 0 saturated carbocycles. The fourth-order valence-corrected chi connectivity index (χ4v) is 2.23. The van der Waals surface area contributed by atoms with Gasteiger partial charge in [-0.05, 0) is 25.0 Å². The Bertz CT molecular complexity index is 511. The van der Waals surface area contributed by atoms with Crippen molar-refractivity contribution in [3.8, 4) is 0 Å². The van der Waals surface area contributed by atoms with Crippen molar-refractivity contribution < 1.29 is 5.11 Å². The van der Waals surface area contributed by atoms with E-state index in [1.54, 1.807) is 0 Å². The summed E-state index contributed by atoms with van der Waals surface area (Å²) in [4.78, 5) is 0. The number of pyridine rings is 1. The third-order valence-corrected chi connectivity index (χ3v) is 4.00. The fraction of sp³-hybridized carbons (Fsp3) is 0.571. The molecule has 0 saturated heterocycles. The molecule has 5 heteroatoms. The van der Waals surface area contributed by atoms with E-state index in [1.165, 1.54) is 0 Å². The molecule has 0 aliphatic rings. The van der Waals surface area contributed by atoms with Gasteiger partial charge >= 0.3 is 0 Å². The Kier molecular flexibility index (Phi) is 4.50. The van der Waals surface area contributed by atoms with Gasteiger partial charge in [-0.25, -0.2) is 0 Å². The monoisotopic (exact) mass is 262 g/mol. The summed E-state index contributed by atoms with van der Waals surface area (Å²) in [5, 5.41) is 21.2. The maximum atomic E-state index is 9.53. The van der Waals surface area contributed by atoms with Crippen molar-refractivity contribution >= 4 is 5.65 Å². The van der Waals surface area contributed by atoms with E-state index in [0.29, 0.717) is 6.54 Å². The first-order valence-corrected chi connectivity index (χ1v) is 6.85. The number of nitrogens with one attached hydrogen (secondary N) is 1. The Hall–Kier alpha value is -1.46. The first-order valence-electron chi connectivity index (χ1n) is 6.85. The molecule has 2 rings (SSSR count). The van der Waals surface area contributed by atoms with E-state index in [2.05, 4.69) is 29.4 Å². The van der Waals surface area contributed by atoms with Crippen molar-refractivity contribution in [1.29, 1.82) is 0 Å². The van der Waals surface area contributed by atoms with Crippen LogP contribution in [-0.4, -0.2) is 32.9 Å². The average Bonchev–Trinajstić information content (AvgIpc) is 2.88. The summed E-state index contributed by atoms with van der Waals surface area (Å²) in [6.07, 6.45) is 3.90. The summed E-state index contributed by atoms with van der Waals surface area (Å²) in [7, 11) is 0. The SMILES string of the molecule is CCC(CC)(CO)CNCc1nnc2ccccn12. The minimum Gasteiger partial charge on any atom is -0.396 e. The first-order chi connectivity index (χ1) is 9.24. The molecule has 0 aliphatic heterocycles. The molecule has 2 aromatic rings. The lowest BCUT2D eigenvalue weighted by Crippen LogP contribution is -2.36. The normalized spacial score (nSPS) is 12.2. The van der Waals surface area contributed by atoms with Crippen LogP contribution in [0.2, 0.25) is 0 Å². The molecule has 0 amide bonds. The molecule has 0 fully saturated rings. The number of aliphatic hydroxyl groups is 1. The van der Waals surface area contributed by atoms with Crippen molar-refractivity contribution in [2.24, 2.45) is 5.41 Å². The van der Waals surface area contributed by atoms with Crippen molar-refractivity contribution in [3.05, 3.63) is 30.2 Å². The standard InChI is InChI=1S/C14H22N4O/c1-3-14(4-2,11-19)10-15-9-13-17-16-12-7-5-6-8-18(12)13/h5-8,15,19H,3-4,9-11H2,1-2H3. The molecule has 0 spiro atoms. The molecular weight excluding hydrogens is 240 g/mol. The smallest absolute Gasteiger partial charge is 0.160 e. The highest BCUT2D eigenvalue weighted by Crippen LogP contribution is 2.24. The zero-order chi connectivity index (χ0) is 13.7. The van der Waals surface area contributed by atoms with Crippen molar-refractivity contribution in [1.82, 2.24) is 19.9 Å². The van der Waals surface area contributed by atoms with Gasteiger partial charge in [0.1, 0.15) is 0 Å². The van der Waals surface area contributed by atoms with Crippen molar-refractivity contribution in [2.45, 2.75) is 33.2 Å². The van der Waals surface area contributed by atoms with Crippen LogP contribution in [0.25, 0.3) is 5.65 Å². The van der Waals surface area contributed by atoms with Gasteiger partial charge in [0, 0.05) is 24.8 Å². The van der Waals surface area contributed by atoms with Crippen LogP contribution in [-0.2, 0) is 6.54 Å². The van der Waals surface area contributed by atoms with Gasteiger partial charge in [-0.2, -0.15) is 0 Å². The minimum absolute atomic E-state index is 0.0273. The average molecular weight is 262 g/mol. The van der Waals surface area contributed by atoms with E-state index in [1.807, 2.05) is 28.8 Å². The third kappa shape index (κ3) is 2.93. The highest BCUT2D eigenvalue weighted by Gasteiger charge is 2.24. The maximum absolute atomic E-state index is 9.53. The largest absolute Gasteiger partial charge is 0.396 e. The summed E-state index contributed by atoms with van der Waals surface area (Å²) in [5.74, 6) is 0.898. The number of aliphatic hydroxyl groups excluding tert-OH is 1. The molecule has 0 aliphatic carbocycles. The van der Waals surface area contributed by atoms with Gasteiger partial charge in [0.2, 0.25) is 0 Å². The molecule has 104 valence electrons. The van der Waals surface area contributed by atoms with E-state index in [9.17, 15) is 5.11 Å². The zero-order valence-corrected chi connectivity index (χ0v) is 11.6. The van der Waals surface area contributed by atoms with Crippen LogP contribution in [0.15, 0.2) is 24.4 Å². The lowest BCUT2D eigenvalue weighted by molar-refractivity contribution is 0.112. The number of hydrogen-bond acceptors (Lipinski definition) is 4. The third-order valence-electron chi connectivity index (χ3n) is 4.00. The van der Waals surface area contributed by atoms with Crippen LogP contribution in [0, 0.1) is 5.41 Å². The second-order valence-corrected chi connectivity index (χ2v) is 5.01. The predicted molar refractivity (Wildman–Crippen MR) is 74.8 cm³/mol. The number of hydrogen-bond donors (Lipinski definition) is 2. The summed E-state index contributed by atoms with van der Waals surface area (Å²) in [6.45, 7) is 5.90. The molecule has 0 unspecified atom stereocenters. The molecule has 2 heterocycles. The Morgan fingerprint density at radius 1 is 1.26 bits per heavy atom. The molecule has 19 heavy (non-hydrogen) atoms. The Morgan fingerprint density at radius 2 is 2.05 bits per heavy atom. The highest BCUT2D eigenvalue weighted by atomic mass is 16.3. The molecular formula is C14H22N4O. The quantitative estimate of drug-likeness (QED) is 0.796. The Morgan fingerprint density at radius 3 is 2.74 bits per heavy atom. The lowest BCUT2D eigenvalue weighted by atomic mass is 9.83. The van der Waals surface area contributed by atoms with Crippen LogP contribution in [0.4, 0.5) is 0 Å². The maximum Gasteiger partial charge on any atom is 0.160 e. The number of rotatable bonds is 7. The zero-order valence-electron chi connectivity index (χ0n) is 11.6. The first kappa shape index (κ1) is 14.0. The molecule has 0 radical (unpaired) electrons. The van der Waals surface area contributed by atoms with Crippen LogP contribution >= 0.6 is 0 Å². The molecule has 2 aromatic heterocycles. The summed E-state index contributed by atoms with van der Waals surface area (Å²) >= 11 is 0. The predicted octanol–water partition coefficient (Wildman–Crippen LogP) is 1.62. The van der Waals surface area contributed by atoms with Crippen molar-refractivity contribution in [3.63, 3.8) is 0 Å². The van der Waals surface area contributed by atoms with Gasteiger partial charge in [0.25, 0.3) is 0 Å². The van der Waals surface area contributed by atoms with Crippen LogP contribution in [0.1, 0.15) is 32.5 Å². The van der Waals surface area contributed by atoms with E-state index < -0.39 is 0 Å². The van der Waals surface area contributed by atoms with Gasteiger partial charge < -0.3 is 10.4 Å². The second kappa shape index (κ2) is 6.12. The molecule has 5 nitrogen and oxygen atoms in total. The van der Waals surface area contributed by atoms with Crippen molar-refractivity contribution in [2.75, 3.05) is 13.2 Å². The lowest BCUT2D eigenvalue weighted by Gasteiger charge is -2.29. The molecule has 0 aromatic carbocycles. The fourth-order valence-electron chi connectivity index (χ4n) is 2.23. The van der Waals surface area contributed by atoms with Gasteiger partial charge in [-0.3, -0.25) is 4.40 Å². The number of fused-ring (bicyclic) bond motifs is 1. The van der Waals surface area contributed by atoms with Gasteiger partial charge in [-0.15, -0.1) is 10.2 Å². The Balaban J connectivity index is 1.99. The minimum atomic E-state index is -0.0273. The van der Waals surface area contributed by atoms with Gasteiger partial charge in [0.05, 0.1) is 6.54 Å². The van der Waals surface area contributed by atoms with E-state index in [-0.39, 0.29) is 12.0 Å². The summed E-state index contributed by atoms with van der Waals surface area (Å²) < 4.78 is 1.98. The van der Waals surface area contributed by atoms with E-state index in [4.69, 9.17) is 0 Å². The summed E-state index contributed by atoms with van der Waals surface area (Å²) in [5.41, 5.74) is 0.833. The second-order valence-electron chi connectivity index (χ2n) is 5.01. The van der Waals surface area contributed by atoms with E-state index in [0.717, 1.165) is 30.9 Å². The van der Waals surface area contributed by atoms with Gasteiger partial charge in [-0.1, -0.05) is 19.9 Å². The van der Waals surface area contributed by atoms with Crippen LogP contribution in [0.5, 0.6) is 0 Å². The number of aromatic nitrogens is 3. The molecule has 0 bridgehead atoms. The summed E-state index contributed by atoms with van der Waals surface area (Å²) in [6, 6.07) is 5.86. The topological polar surface area (TPSA) is 62.5 Å².